The molecule has 3 fully saturated rings. The minimum absolute atomic E-state index is 0.0281. The molecule has 298 valence electrons. The molecule has 0 aliphatic carbocycles. The zero-order valence-corrected chi connectivity index (χ0v) is 31.9. The van der Waals surface area contributed by atoms with E-state index in [9.17, 15) is 45.0 Å². The summed E-state index contributed by atoms with van der Waals surface area (Å²) in [5, 5.41) is 61.5. The molecule has 0 bridgehead atoms. The standard InChI is InChI=1S/C34H48O16S3/c1-4-52-34(51)53-22(13-16(2)30(43)45-12-11-44-23(37)10-5-17(3)36)18-6-8-19(9-7-18)31-46-15-21-29(49-31)26(40)28(42)33(48-21)50-32-27(41)25(39)24(38)20(14-35)47-32/h6-9,16,20-22,24-29,31-33,35,38-42H,4-5,10-15H2,1-3H3/t16?,20-,21-,22?,24-,25+,26-,27-,28-,29-,31?,32-,33-/m1/s1. The van der Waals surface area contributed by atoms with E-state index in [1.54, 1.807) is 19.1 Å². The fraction of sp³-hybridized carbons (Fsp3) is 0.706. The quantitative estimate of drug-likeness (QED) is 0.0764. The van der Waals surface area contributed by atoms with Gasteiger partial charge in [0, 0.05) is 17.2 Å². The molecule has 16 nitrogen and oxygen atoms in total. The summed E-state index contributed by atoms with van der Waals surface area (Å²) in [5.74, 6) is -0.861. The van der Waals surface area contributed by atoms with Gasteiger partial charge >= 0.3 is 11.9 Å². The molecule has 3 heterocycles. The Morgan fingerprint density at radius 2 is 1.57 bits per heavy atom. The molecule has 0 saturated carbocycles. The van der Waals surface area contributed by atoms with Crippen LogP contribution in [0.15, 0.2) is 24.3 Å². The van der Waals surface area contributed by atoms with E-state index in [0.717, 1.165) is 11.3 Å². The van der Waals surface area contributed by atoms with E-state index in [0.29, 0.717) is 15.5 Å². The molecule has 1 aromatic rings. The van der Waals surface area contributed by atoms with Gasteiger partial charge in [-0.2, -0.15) is 0 Å². The number of fused-ring (bicyclic) bond motifs is 1. The second-order valence-corrected chi connectivity index (χ2v) is 16.5. The summed E-state index contributed by atoms with van der Waals surface area (Å²) in [6, 6.07) is 7.28. The smallest absolute Gasteiger partial charge is 0.308 e. The Morgan fingerprint density at radius 3 is 2.23 bits per heavy atom. The fourth-order valence-corrected chi connectivity index (χ4v) is 8.59. The second-order valence-electron chi connectivity index (χ2n) is 12.8. The van der Waals surface area contributed by atoms with Crippen molar-refractivity contribution in [3.63, 3.8) is 0 Å². The van der Waals surface area contributed by atoms with E-state index >= 15 is 0 Å². The monoisotopic (exact) mass is 808 g/mol. The van der Waals surface area contributed by atoms with Gasteiger partial charge in [0.25, 0.3) is 0 Å². The molecule has 0 radical (unpaired) electrons. The molecule has 3 unspecified atom stereocenters. The molecule has 0 aromatic heterocycles. The highest BCUT2D eigenvalue weighted by Crippen LogP contribution is 2.40. The predicted molar refractivity (Wildman–Crippen MR) is 192 cm³/mol. The van der Waals surface area contributed by atoms with Crippen molar-refractivity contribution in [1.29, 1.82) is 0 Å². The van der Waals surface area contributed by atoms with Gasteiger partial charge in [-0.15, -0.1) is 11.8 Å². The Labute approximate surface area is 320 Å². The third-order valence-electron chi connectivity index (χ3n) is 8.77. The summed E-state index contributed by atoms with van der Waals surface area (Å²) in [6.07, 6.45) is -15.1. The zero-order chi connectivity index (χ0) is 38.8. The van der Waals surface area contributed by atoms with Crippen LogP contribution >= 0.6 is 35.7 Å². The van der Waals surface area contributed by atoms with Gasteiger partial charge in [-0.1, -0.05) is 62.1 Å². The van der Waals surface area contributed by atoms with Gasteiger partial charge in [0.2, 0.25) is 0 Å². The van der Waals surface area contributed by atoms with Crippen molar-refractivity contribution in [1.82, 2.24) is 0 Å². The van der Waals surface area contributed by atoms with Crippen molar-refractivity contribution in [2.45, 2.75) is 113 Å². The molecule has 13 atom stereocenters. The lowest BCUT2D eigenvalue weighted by Gasteiger charge is -2.48. The first-order valence-corrected chi connectivity index (χ1v) is 19.5. The molecule has 4 rings (SSSR count). The van der Waals surface area contributed by atoms with Gasteiger partial charge in [-0.05, 0) is 24.7 Å². The molecular weight excluding hydrogens is 761 g/mol. The highest BCUT2D eigenvalue weighted by atomic mass is 32.2. The number of esters is 2. The van der Waals surface area contributed by atoms with Crippen molar-refractivity contribution in [3.05, 3.63) is 35.4 Å². The average molecular weight is 809 g/mol. The topological polar surface area (TPSA) is 237 Å². The Bertz CT molecular complexity index is 1370. The van der Waals surface area contributed by atoms with Crippen LogP contribution in [0.3, 0.4) is 0 Å². The molecule has 19 heteroatoms. The van der Waals surface area contributed by atoms with Crippen LogP contribution in [-0.2, 0) is 47.5 Å². The lowest BCUT2D eigenvalue weighted by atomic mass is 9.97. The summed E-state index contributed by atoms with van der Waals surface area (Å²) in [7, 11) is 0. The maximum atomic E-state index is 12.8. The van der Waals surface area contributed by atoms with Crippen molar-refractivity contribution in [3.8, 4) is 0 Å². The molecule has 0 spiro atoms. The fourth-order valence-electron chi connectivity index (χ4n) is 5.77. The number of carbonyl (C=O) groups is 3. The molecule has 53 heavy (non-hydrogen) atoms. The van der Waals surface area contributed by atoms with Crippen LogP contribution in [0.25, 0.3) is 0 Å². The van der Waals surface area contributed by atoms with Gasteiger partial charge in [-0.25, -0.2) is 0 Å². The number of benzene rings is 1. The lowest BCUT2D eigenvalue weighted by molar-refractivity contribution is -0.399. The highest BCUT2D eigenvalue weighted by molar-refractivity contribution is 8.47. The largest absolute Gasteiger partial charge is 0.462 e. The molecular formula is C34H48O16S3. The third-order valence-corrected chi connectivity index (χ3v) is 11.5. The zero-order valence-electron chi connectivity index (χ0n) is 29.5. The number of thiocarbonyl (C=S) groups is 1. The van der Waals surface area contributed by atoms with Gasteiger partial charge in [0.05, 0.1) is 25.6 Å². The first-order valence-electron chi connectivity index (χ1n) is 17.2. The lowest BCUT2D eigenvalue weighted by Crippen LogP contribution is -2.65. The summed E-state index contributed by atoms with van der Waals surface area (Å²) < 4.78 is 39.7. The Morgan fingerprint density at radius 1 is 0.906 bits per heavy atom. The number of aliphatic hydroxyl groups excluding tert-OH is 6. The second kappa shape index (κ2) is 20.9. The van der Waals surface area contributed by atoms with Crippen LogP contribution in [-0.4, -0.2) is 145 Å². The van der Waals surface area contributed by atoms with Crippen molar-refractivity contribution >= 4 is 57.0 Å². The van der Waals surface area contributed by atoms with Gasteiger partial charge in [0.1, 0.15) is 71.4 Å². The van der Waals surface area contributed by atoms with Crippen LogP contribution in [0, 0.1) is 5.92 Å². The first-order chi connectivity index (χ1) is 25.2. The number of hydrogen-bond donors (Lipinski definition) is 6. The first kappa shape index (κ1) is 43.9. The number of Topliss-reactive ketones (excluding diaryl/α,β-unsaturated/α-hetero) is 1. The van der Waals surface area contributed by atoms with Gasteiger partial charge < -0.3 is 68.6 Å². The number of carbonyl (C=O) groups excluding carboxylic acids is 3. The number of rotatable bonds is 16. The molecule has 0 amide bonds. The van der Waals surface area contributed by atoms with Gasteiger partial charge in [0.15, 0.2) is 18.9 Å². The number of ketones is 1. The Kier molecular flexibility index (Phi) is 17.3. The van der Waals surface area contributed by atoms with E-state index in [1.165, 1.54) is 30.4 Å². The van der Waals surface area contributed by atoms with E-state index < -0.39 is 92.2 Å². The number of aliphatic hydroxyl groups is 6. The van der Waals surface area contributed by atoms with Crippen molar-refractivity contribution in [2.24, 2.45) is 5.92 Å². The van der Waals surface area contributed by atoms with E-state index in [4.69, 9.17) is 45.4 Å². The summed E-state index contributed by atoms with van der Waals surface area (Å²) in [5.41, 5.74) is 1.48. The van der Waals surface area contributed by atoms with E-state index in [2.05, 4.69) is 0 Å². The number of hydrogen-bond acceptors (Lipinski definition) is 19. The van der Waals surface area contributed by atoms with Gasteiger partial charge in [-0.3, -0.25) is 9.59 Å². The number of ether oxygens (including phenoxy) is 7. The van der Waals surface area contributed by atoms with Crippen molar-refractivity contribution in [2.75, 3.05) is 32.2 Å². The van der Waals surface area contributed by atoms with E-state index in [-0.39, 0.29) is 43.7 Å². The average Bonchev–Trinajstić information content (AvgIpc) is 3.14. The summed E-state index contributed by atoms with van der Waals surface area (Å²) in [4.78, 5) is 35.5. The SMILES string of the molecule is CCSC(=S)SC(CC(C)C(=O)OCCOC(=O)CCC(C)=O)c1ccc(C2OC[C@H]3O[C@H](O[C@H]4O[C@H](CO)[C@@H](O)[C@H](O)[C@H]4O)[C@H](O)[C@@H](O)[C@@H]3O2)cc1. The van der Waals surface area contributed by atoms with Crippen LogP contribution in [0.4, 0.5) is 0 Å². The highest BCUT2D eigenvalue weighted by Gasteiger charge is 2.52. The molecule has 3 aliphatic rings. The molecule has 1 aromatic carbocycles. The predicted octanol–water partition coefficient (Wildman–Crippen LogP) is 0.658. The third kappa shape index (κ3) is 12.1. The summed E-state index contributed by atoms with van der Waals surface area (Å²) in [6.45, 7) is 4.14. The molecule has 3 saturated heterocycles. The molecule has 6 N–H and O–H groups in total. The normalized spacial score (nSPS) is 32.6. The maximum Gasteiger partial charge on any atom is 0.308 e. The maximum absolute atomic E-state index is 12.8. The summed E-state index contributed by atoms with van der Waals surface area (Å²) >= 11 is 8.53. The Hall–Kier alpha value is -1.82. The van der Waals surface area contributed by atoms with Crippen LogP contribution in [0.1, 0.15) is 62.7 Å². The number of thioether (sulfide) groups is 2. The minimum Gasteiger partial charge on any atom is -0.462 e. The molecule has 3 aliphatic heterocycles. The van der Waals surface area contributed by atoms with E-state index in [1.807, 2.05) is 19.1 Å². The van der Waals surface area contributed by atoms with Crippen LogP contribution in [0.2, 0.25) is 0 Å². The minimum atomic E-state index is -1.74. The van der Waals surface area contributed by atoms with Crippen LogP contribution < -0.4 is 0 Å². The van der Waals surface area contributed by atoms with Crippen molar-refractivity contribution < 1.29 is 78.2 Å². The van der Waals surface area contributed by atoms with Crippen LogP contribution in [0.5, 0.6) is 0 Å². The Balaban J connectivity index is 1.34.